The Labute approximate surface area is 145 Å². The average Bonchev–Trinajstić information content (AvgIpc) is 3.15. The van der Waals surface area contributed by atoms with Gasteiger partial charge in [-0.25, -0.2) is 19.6 Å². The molecule has 126 valence electrons. The molecule has 1 amide bonds. The maximum atomic E-state index is 12.2. The van der Waals surface area contributed by atoms with Crippen molar-refractivity contribution in [3.8, 4) is 11.4 Å². The lowest BCUT2D eigenvalue weighted by atomic mass is 9.92. The predicted octanol–water partition coefficient (Wildman–Crippen LogP) is 1.93. The molecule has 0 aliphatic heterocycles. The molecular formula is C18H18N6O. The van der Waals surface area contributed by atoms with E-state index >= 15 is 0 Å². The molecule has 4 rings (SSSR count). The van der Waals surface area contributed by atoms with E-state index in [2.05, 4.69) is 20.4 Å². The quantitative estimate of drug-likeness (QED) is 0.788. The van der Waals surface area contributed by atoms with Crippen molar-refractivity contribution in [2.45, 2.75) is 31.8 Å². The first-order chi connectivity index (χ1) is 12.3. The van der Waals surface area contributed by atoms with E-state index in [9.17, 15) is 4.79 Å². The number of nitrogens with zero attached hydrogens (tertiary/aromatic N) is 5. The van der Waals surface area contributed by atoms with Gasteiger partial charge in [-0.3, -0.25) is 4.79 Å². The van der Waals surface area contributed by atoms with Gasteiger partial charge in [0.05, 0.1) is 6.04 Å². The molecule has 25 heavy (non-hydrogen) atoms. The Morgan fingerprint density at radius 1 is 1.28 bits per heavy atom. The maximum absolute atomic E-state index is 12.2. The van der Waals surface area contributed by atoms with Crippen molar-refractivity contribution < 1.29 is 4.79 Å². The van der Waals surface area contributed by atoms with E-state index < -0.39 is 0 Å². The highest BCUT2D eigenvalue weighted by atomic mass is 16.2. The third kappa shape index (κ3) is 3.40. The lowest BCUT2D eigenvalue weighted by molar-refractivity contribution is -0.122. The van der Waals surface area contributed by atoms with Gasteiger partial charge < -0.3 is 5.32 Å². The van der Waals surface area contributed by atoms with Crippen molar-refractivity contribution in [3.05, 3.63) is 60.4 Å². The van der Waals surface area contributed by atoms with E-state index in [0.717, 1.165) is 41.9 Å². The Balaban J connectivity index is 1.53. The van der Waals surface area contributed by atoms with Gasteiger partial charge in [0.1, 0.15) is 19.2 Å². The third-order valence-corrected chi connectivity index (χ3v) is 4.32. The summed E-state index contributed by atoms with van der Waals surface area (Å²) in [5.41, 5.74) is 3.03. The average molecular weight is 334 g/mol. The normalized spacial score (nSPS) is 16.2. The van der Waals surface area contributed by atoms with E-state index in [-0.39, 0.29) is 18.5 Å². The summed E-state index contributed by atoms with van der Waals surface area (Å²) in [5, 5.41) is 7.02. The Bertz CT molecular complexity index is 863. The summed E-state index contributed by atoms with van der Waals surface area (Å²) in [4.78, 5) is 25.3. The summed E-state index contributed by atoms with van der Waals surface area (Å²) < 4.78 is 1.51. The minimum atomic E-state index is -0.0875. The molecule has 0 bridgehead atoms. The van der Waals surface area contributed by atoms with Crippen LogP contribution in [0.15, 0.2) is 49.2 Å². The standard InChI is InChI=1S/C18H18N6O/c25-17(10-24-12-19-11-21-24)22-15-7-4-8-16-14(15)9-20-18(23-16)13-5-2-1-3-6-13/h1-3,5-6,9,11-12,15H,4,7-8,10H2,(H,22,25)/t15-/m0/s1. The van der Waals surface area contributed by atoms with Crippen LogP contribution in [0.4, 0.5) is 0 Å². The van der Waals surface area contributed by atoms with Gasteiger partial charge in [-0.2, -0.15) is 5.10 Å². The summed E-state index contributed by atoms with van der Waals surface area (Å²) in [6.45, 7) is 0.161. The summed E-state index contributed by atoms with van der Waals surface area (Å²) in [6.07, 6.45) is 7.60. The molecule has 7 heteroatoms. The largest absolute Gasteiger partial charge is 0.348 e. The van der Waals surface area contributed by atoms with E-state index in [4.69, 9.17) is 4.98 Å². The number of amides is 1. The van der Waals surface area contributed by atoms with Gasteiger partial charge in [-0.05, 0) is 19.3 Å². The minimum Gasteiger partial charge on any atom is -0.348 e. The monoisotopic (exact) mass is 334 g/mol. The Kier molecular flexibility index (Phi) is 4.20. The smallest absolute Gasteiger partial charge is 0.242 e. The van der Waals surface area contributed by atoms with E-state index in [0.29, 0.717) is 0 Å². The van der Waals surface area contributed by atoms with Crippen LogP contribution in [0.25, 0.3) is 11.4 Å². The first kappa shape index (κ1) is 15.4. The van der Waals surface area contributed by atoms with Crippen molar-refractivity contribution >= 4 is 5.91 Å². The number of hydrogen-bond acceptors (Lipinski definition) is 5. The van der Waals surface area contributed by atoms with Crippen LogP contribution in [0.1, 0.15) is 30.1 Å². The summed E-state index contributed by atoms with van der Waals surface area (Å²) in [7, 11) is 0. The number of nitrogens with one attached hydrogen (secondary N) is 1. The highest BCUT2D eigenvalue weighted by molar-refractivity contribution is 5.76. The van der Waals surface area contributed by atoms with Gasteiger partial charge in [0, 0.05) is 23.0 Å². The molecular weight excluding hydrogens is 316 g/mol. The number of hydrogen-bond donors (Lipinski definition) is 1. The highest BCUT2D eigenvalue weighted by Crippen LogP contribution is 2.29. The Morgan fingerprint density at radius 2 is 2.16 bits per heavy atom. The van der Waals surface area contributed by atoms with Gasteiger partial charge in [0.2, 0.25) is 5.91 Å². The second-order valence-electron chi connectivity index (χ2n) is 6.07. The van der Waals surface area contributed by atoms with Gasteiger partial charge in [-0.15, -0.1) is 0 Å². The lowest BCUT2D eigenvalue weighted by Gasteiger charge is -2.25. The number of carbonyl (C=O) groups excluding carboxylic acids is 1. The molecule has 1 aliphatic rings. The molecule has 1 aromatic carbocycles. The fraction of sp³-hybridized carbons (Fsp3) is 0.278. The molecule has 1 aliphatic carbocycles. The van der Waals surface area contributed by atoms with Crippen LogP contribution in [-0.2, 0) is 17.8 Å². The molecule has 1 atom stereocenters. The maximum Gasteiger partial charge on any atom is 0.242 e. The van der Waals surface area contributed by atoms with Crippen LogP contribution in [0.2, 0.25) is 0 Å². The van der Waals surface area contributed by atoms with Gasteiger partial charge in [0.15, 0.2) is 5.82 Å². The Morgan fingerprint density at radius 3 is 2.96 bits per heavy atom. The lowest BCUT2D eigenvalue weighted by Crippen LogP contribution is -2.34. The number of rotatable bonds is 4. The fourth-order valence-electron chi connectivity index (χ4n) is 3.12. The molecule has 2 heterocycles. The molecule has 2 aromatic heterocycles. The van der Waals surface area contributed by atoms with Crippen molar-refractivity contribution in [2.75, 3.05) is 0 Å². The highest BCUT2D eigenvalue weighted by Gasteiger charge is 2.24. The molecule has 0 fully saturated rings. The number of aryl methyl sites for hydroxylation is 1. The van der Waals surface area contributed by atoms with Crippen LogP contribution in [-0.4, -0.2) is 30.6 Å². The number of fused-ring (bicyclic) bond motifs is 1. The topological polar surface area (TPSA) is 85.6 Å². The number of benzene rings is 1. The first-order valence-electron chi connectivity index (χ1n) is 8.32. The van der Waals surface area contributed by atoms with Gasteiger partial charge in [0.25, 0.3) is 0 Å². The zero-order chi connectivity index (χ0) is 17.1. The molecule has 0 saturated carbocycles. The molecule has 0 saturated heterocycles. The number of carbonyl (C=O) groups is 1. The van der Waals surface area contributed by atoms with Crippen LogP contribution in [0, 0.1) is 0 Å². The van der Waals surface area contributed by atoms with Crippen molar-refractivity contribution in [2.24, 2.45) is 0 Å². The zero-order valence-corrected chi connectivity index (χ0v) is 13.7. The molecule has 0 unspecified atom stereocenters. The fourth-order valence-corrected chi connectivity index (χ4v) is 3.12. The molecule has 0 radical (unpaired) electrons. The second-order valence-corrected chi connectivity index (χ2v) is 6.07. The SMILES string of the molecule is O=C(Cn1cncn1)N[C@H]1CCCc2nc(-c3ccccc3)ncc21. The molecule has 3 aromatic rings. The summed E-state index contributed by atoms with van der Waals surface area (Å²) >= 11 is 0. The minimum absolute atomic E-state index is 0.0513. The van der Waals surface area contributed by atoms with Crippen LogP contribution in [0.5, 0.6) is 0 Å². The van der Waals surface area contributed by atoms with Crippen molar-refractivity contribution in [3.63, 3.8) is 0 Å². The summed E-state index contributed by atoms with van der Waals surface area (Å²) in [6, 6.07) is 9.88. The van der Waals surface area contributed by atoms with Crippen LogP contribution < -0.4 is 5.32 Å². The van der Waals surface area contributed by atoms with Crippen molar-refractivity contribution in [1.29, 1.82) is 0 Å². The van der Waals surface area contributed by atoms with Crippen LogP contribution in [0.3, 0.4) is 0 Å². The number of aromatic nitrogens is 5. The van der Waals surface area contributed by atoms with E-state index in [1.807, 2.05) is 36.5 Å². The van der Waals surface area contributed by atoms with Gasteiger partial charge >= 0.3 is 0 Å². The third-order valence-electron chi connectivity index (χ3n) is 4.32. The van der Waals surface area contributed by atoms with E-state index in [1.165, 1.54) is 17.3 Å². The van der Waals surface area contributed by atoms with Gasteiger partial charge in [-0.1, -0.05) is 30.3 Å². The second kappa shape index (κ2) is 6.80. The van der Waals surface area contributed by atoms with Crippen molar-refractivity contribution in [1.82, 2.24) is 30.0 Å². The van der Waals surface area contributed by atoms with E-state index in [1.54, 1.807) is 0 Å². The predicted molar refractivity (Wildman–Crippen MR) is 91.3 cm³/mol. The molecule has 7 nitrogen and oxygen atoms in total. The Hall–Kier alpha value is -3.09. The van der Waals surface area contributed by atoms with Crippen LogP contribution >= 0.6 is 0 Å². The molecule has 0 spiro atoms. The molecule has 1 N–H and O–H groups in total. The zero-order valence-electron chi connectivity index (χ0n) is 13.7. The first-order valence-corrected chi connectivity index (χ1v) is 8.32. The summed E-state index contributed by atoms with van der Waals surface area (Å²) in [5.74, 6) is 0.643.